The van der Waals surface area contributed by atoms with Crippen LogP contribution in [0.2, 0.25) is 0 Å². The van der Waals surface area contributed by atoms with E-state index in [1.807, 2.05) is 6.07 Å². The first-order valence-corrected chi connectivity index (χ1v) is 11.4. The van der Waals surface area contributed by atoms with Crippen LogP contribution in [0.5, 0.6) is 0 Å². The summed E-state index contributed by atoms with van der Waals surface area (Å²) in [6, 6.07) is 11.8. The molecule has 0 aliphatic carbocycles. The lowest BCUT2D eigenvalue weighted by atomic mass is 9.77. The number of nitrogens with one attached hydrogen (secondary N) is 1. The average molecular weight is 495 g/mol. The van der Waals surface area contributed by atoms with E-state index in [0.29, 0.717) is 11.1 Å². The third-order valence-corrected chi connectivity index (χ3v) is 4.91. The smallest absolute Gasteiger partial charge is 0.443 e. The number of ether oxygens (including phenoxy) is 2. The summed E-state index contributed by atoms with van der Waals surface area (Å²) >= 11 is 0. The molecule has 3 rings (SSSR count). The maximum atomic E-state index is 13.0. The monoisotopic (exact) mass is 495 g/mol. The van der Waals surface area contributed by atoms with Gasteiger partial charge in [0.1, 0.15) is 11.2 Å². The highest BCUT2D eigenvalue weighted by Gasteiger charge is 2.32. The number of amides is 2. The summed E-state index contributed by atoms with van der Waals surface area (Å²) in [7, 11) is -1.84. The molecule has 10 nitrogen and oxygen atoms in total. The van der Waals surface area contributed by atoms with Gasteiger partial charge in [0.15, 0.2) is 0 Å². The van der Waals surface area contributed by atoms with Gasteiger partial charge in [-0.2, -0.15) is 5.10 Å². The SMILES string of the molecule is CC(C)(C)OC(=O)N(Cc1n[nH]c(=O)c2c(-c3ccccc3)cc(B(O)O)cc12)C(=O)OC(C)(C)C. The van der Waals surface area contributed by atoms with Gasteiger partial charge in [-0.15, -0.1) is 0 Å². The molecule has 2 aromatic carbocycles. The molecule has 0 fully saturated rings. The molecule has 0 radical (unpaired) electrons. The first-order valence-electron chi connectivity index (χ1n) is 11.4. The lowest BCUT2D eigenvalue weighted by Crippen LogP contribution is -2.43. The minimum Gasteiger partial charge on any atom is -0.443 e. The number of imide groups is 1. The standard InChI is InChI=1S/C25H30BN3O7/c1-24(2,3)35-22(31)29(23(32)36-25(4,5)6)14-19-18-13-16(26(33)34)12-17(15-10-8-7-9-11-15)20(18)21(30)28-27-19/h7-13,33-34H,14H2,1-6H3,(H,28,30). The van der Waals surface area contributed by atoms with Gasteiger partial charge in [0.05, 0.1) is 17.6 Å². The van der Waals surface area contributed by atoms with Gasteiger partial charge in [0, 0.05) is 5.39 Å². The van der Waals surface area contributed by atoms with Crippen LogP contribution in [0.25, 0.3) is 21.9 Å². The van der Waals surface area contributed by atoms with Crippen LogP contribution >= 0.6 is 0 Å². The fourth-order valence-electron chi connectivity index (χ4n) is 3.47. The minimum atomic E-state index is -1.84. The summed E-state index contributed by atoms with van der Waals surface area (Å²) < 4.78 is 10.8. The van der Waals surface area contributed by atoms with Crippen molar-refractivity contribution in [2.75, 3.05) is 0 Å². The summed E-state index contributed by atoms with van der Waals surface area (Å²) in [5, 5.41) is 26.8. The van der Waals surface area contributed by atoms with Crippen molar-refractivity contribution in [2.45, 2.75) is 59.3 Å². The maximum Gasteiger partial charge on any atom is 0.488 e. The van der Waals surface area contributed by atoms with Gasteiger partial charge in [-0.05, 0) is 58.1 Å². The fraction of sp³-hybridized carbons (Fsp3) is 0.360. The Hall–Kier alpha value is -3.70. The Morgan fingerprint density at radius 2 is 1.53 bits per heavy atom. The average Bonchev–Trinajstić information content (AvgIpc) is 2.76. The lowest BCUT2D eigenvalue weighted by Gasteiger charge is -2.28. The van der Waals surface area contributed by atoms with Crippen LogP contribution in [-0.4, -0.2) is 55.7 Å². The fourth-order valence-corrected chi connectivity index (χ4v) is 3.47. The lowest BCUT2D eigenvalue weighted by molar-refractivity contribution is -0.000434. The summed E-state index contributed by atoms with van der Waals surface area (Å²) in [6.07, 6.45) is -1.92. The molecule has 2 amide bonds. The molecule has 0 saturated heterocycles. The molecule has 0 bridgehead atoms. The zero-order valence-electron chi connectivity index (χ0n) is 21.2. The molecule has 0 atom stereocenters. The van der Waals surface area contributed by atoms with E-state index in [4.69, 9.17) is 9.47 Å². The molecule has 1 aromatic heterocycles. The predicted molar refractivity (Wildman–Crippen MR) is 136 cm³/mol. The van der Waals surface area contributed by atoms with E-state index in [-0.39, 0.29) is 21.9 Å². The van der Waals surface area contributed by atoms with Crippen molar-refractivity contribution in [1.29, 1.82) is 0 Å². The molecule has 0 saturated carbocycles. The van der Waals surface area contributed by atoms with E-state index in [1.165, 1.54) is 12.1 Å². The molecule has 0 unspecified atom stereocenters. The van der Waals surface area contributed by atoms with E-state index < -0.39 is 42.6 Å². The van der Waals surface area contributed by atoms with Crippen LogP contribution in [0.3, 0.4) is 0 Å². The van der Waals surface area contributed by atoms with Gasteiger partial charge in [0.25, 0.3) is 5.56 Å². The first kappa shape index (κ1) is 26.9. The van der Waals surface area contributed by atoms with E-state index in [2.05, 4.69) is 10.2 Å². The van der Waals surface area contributed by atoms with Gasteiger partial charge >= 0.3 is 19.3 Å². The Bertz CT molecular complexity index is 1300. The quantitative estimate of drug-likeness (QED) is 0.469. The van der Waals surface area contributed by atoms with Crippen LogP contribution in [0.1, 0.15) is 47.2 Å². The summed E-state index contributed by atoms with van der Waals surface area (Å²) in [5.41, 5.74) is -0.991. The molecule has 11 heteroatoms. The highest BCUT2D eigenvalue weighted by molar-refractivity contribution is 6.59. The van der Waals surface area contributed by atoms with E-state index in [1.54, 1.807) is 65.8 Å². The van der Waals surface area contributed by atoms with Crippen LogP contribution in [0, 0.1) is 0 Å². The topological polar surface area (TPSA) is 142 Å². The molecular weight excluding hydrogens is 465 g/mol. The van der Waals surface area contributed by atoms with Crippen LogP contribution in [-0.2, 0) is 16.0 Å². The molecular formula is C25H30BN3O7. The van der Waals surface area contributed by atoms with Gasteiger partial charge in [-0.25, -0.2) is 19.6 Å². The number of aromatic nitrogens is 2. The Morgan fingerprint density at radius 3 is 2.03 bits per heavy atom. The second-order valence-corrected chi connectivity index (χ2v) is 10.3. The Labute approximate surface area is 209 Å². The third-order valence-electron chi connectivity index (χ3n) is 4.91. The van der Waals surface area contributed by atoms with E-state index in [9.17, 15) is 24.4 Å². The number of carbonyl (C=O) groups is 2. The number of benzene rings is 2. The second-order valence-electron chi connectivity index (χ2n) is 10.3. The molecule has 36 heavy (non-hydrogen) atoms. The van der Waals surface area contributed by atoms with Crippen molar-refractivity contribution < 1.29 is 29.1 Å². The molecule has 1 heterocycles. The van der Waals surface area contributed by atoms with Crippen molar-refractivity contribution in [3.8, 4) is 11.1 Å². The Morgan fingerprint density at radius 1 is 0.972 bits per heavy atom. The predicted octanol–water partition coefficient (Wildman–Crippen LogP) is 2.94. The largest absolute Gasteiger partial charge is 0.488 e. The van der Waals surface area contributed by atoms with Crippen molar-refractivity contribution in [3.63, 3.8) is 0 Å². The van der Waals surface area contributed by atoms with Crippen molar-refractivity contribution in [1.82, 2.24) is 15.1 Å². The highest BCUT2D eigenvalue weighted by atomic mass is 16.6. The number of H-pyrrole nitrogens is 1. The Balaban J connectivity index is 2.21. The highest BCUT2D eigenvalue weighted by Crippen LogP contribution is 2.27. The number of rotatable bonds is 4. The summed E-state index contributed by atoms with van der Waals surface area (Å²) in [6.45, 7) is 9.55. The molecule has 3 aromatic rings. The molecule has 3 N–H and O–H groups in total. The summed E-state index contributed by atoms with van der Waals surface area (Å²) in [4.78, 5) is 39.6. The number of nitrogens with zero attached hydrogens (tertiary/aromatic N) is 2. The summed E-state index contributed by atoms with van der Waals surface area (Å²) in [5.74, 6) is 0. The number of hydrogen-bond donors (Lipinski definition) is 3. The Kier molecular flexibility index (Phi) is 7.56. The van der Waals surface area contributed by atoms with E-state index >= 15 is 0 Å². The first-order chi connectivity index (χ1) is 16.7. The zero-order chi connectivity index (χ0) is 26.8. The van der Waals surface area contributed by atoms with Crippen molar-refractivity contribution in [2.24, 2.45) is 0 Å². The van der Waals surface area contributed by atoms with Crippen LogP contribution in [0.4, 0.5) is 9.59 Å². The van der Waals surface area contributed by atoms with Crippen LogP contribution in [0.15, 0.2) is 47.3 Å². The van der Waals surface area contributed by atoms with Gasteiger partial charge in [0.2, 0.25) is 0 Å². The van der Waals surface area contributed by atoms with Crippen molar-refractivity contribution in [3.05, 3.63) is 58.5 Å². The zero-order valence-corrected chi connectivity index (χ0v) is 21.2. The van der Waals surface area contributed by atoms with Gasteiger partial charge in [-0.1, -0.05) is 42.5 Å². The van der Waals surface area contributed by atoms with Gasteiger partial charge in [-0.3, -0.25) is 4.79 Å². The molecule has 190 valence electrons. The second kappa shape index (κ2) is 10.1. The maximum absolute atomic E-state index is 13.0. The number of fused-ring (bicyclic) bond motifs is 1. The third kappa shape index (κ3) is 6.49. The molecule has 0 spiro atoms. The number of aromatic amines is 1. The molecule has 0 aliphatic rings. The number of hydrogen-bond acceptors (Lipinski definition) is 8. The van der Waals surface area contributed by atoms with E-state index in [0.717, 1.165) is 4.90 Å². The van der Waals surface area contributed by atoms with Crippen molar-refractivity contribution >= 4 is 35.5 Å². The number of carbonyl (C=O) groups excluding carboxylic acids is 2. The van der Waals surface area contributed by atoms with Crippen LogP contribution < -0.4 is 11.0 Å². The van der Waals surface area contributed by atoms with Gasteiger partial charge < -0.3 is 19.5 Å². The normalized spacial score (nSPS) is 11.8. The minimum absolute atomic E-state index is 0.107. The molecule has 0 aliphatic heterocycles.